The molecule has 0 saturated carbocycles. The lowest BCUT2D eigenvalue weighted by Gasteiger charge is -2.29. The summed E-state index contributed by atoms with van der Waals surface area (Å²) in [6.45, 7) is 0.785. The molecule has 3 rings (SSSR count). The number of benzene rings is 2. The zero-order chi connectivity index (χ0) is 18.5. The van der Waals surface area contributed by atoms with E-state index in [1.54, 1.807) is 24.0 Å². The van der Waals surface area contributed by atoms with Crippen LogP contribution in [0.3, 0.4) is 0 Å². The monoisotopic (exact) mass is 354 g/mol. The number of hydrogen-bond acceptors (Lipinski definition) is 4. The molecule has 1 aliphatic heterocycles. The minimum absolute atomic E-state index is 0.00224. The molecule has 0 atom stereocenters. The van der Waals surface area contributed by atoms with Crippen molar-refractivity contribution in [3.63, 3.8) is 0 Å². The predicted octanol–water partition coefficient (Wildman–Crippen LogP) is 2.47. The van der Waals surface area contributed by atoms with Crippen LogP contribution in [0.25, 0.3) is 0 Å². The fourth-order valence-corrected chi connectivity index (χ4v) is 2.97. The Morgan fingerprint density at radius 1 is 1.19 bits per heavy atom. The first-order chi connectivity index (χ1) is 12.6. The molecule has 0 aliphatic carbocycles. The largest absolute Gasteiger partial charge is 0.496 e. The third-order valence-electron chi connectivity index (χ3n) is 4.38. The van der Waals surface area contributed by atoms with Gasteiger partial charge in [0.1, 0.15) is 11.5 Å². The van der Waals surface area contributed by atoms with Gasteiger partial charge in [0.25, 0.3) is 5.91 Å². The second-order valence-electron chi connectivity index (χ2n) is 6.11. The van der Waals surface area contributed by atoms with Gasteiger partial charge in [0.05, 0.1) is 12.8 Å². The van der Waals surface area contributed by atoms with E-state index in [9.17, 15) is 9.59 Å². The molecule has 2 aromatic rings. The topological polar surface area (TPSA) is 59.1 Å². The number of rotatable bonds is 6. The van der Waals surface area contributed by atoms with Crippen molar-refractivity contribution in [2.75, 3.05) is 32.2 Å². The summed E-state index contributed by atoms with van der Waals surface area (Å²) < 4.78 is 10.8. The summed E-state index contributed by atoms with van der Waals surface area (Å²) in [7, 11) is 3.37. The Balaban J connectivity index is 1.62. The number of hydrogen-bond donors (Lipinski definition) is 0. The van der Waals surface area contributed by atoms with E-state index in [0.29, 0.717) is 24.5 Å². The van der Waals surface area contributed by atoms with E-state index in [1.165, 1.54) is 0 Å². The summed E-state index contributed by atoms with van der Waals surface area (Å²) in [5.41, 5.74) is 1.66. The third kappa shape index (κ3) is 3.79. The molecule has 1 aliphatic rings. The van der Waals surface area contributed by atoms with Crippen LogP contribution < -0.4 is 14.4 Å². The highest BCUT2D eigenvalue weighted by Gasteiger charge is 2.25. The molecule has 0 N–H and O–H groups in total. The average molecular weight is 354 g/mol. The predicted molar refractivity (Wildman–Crippen MR) is 98.4 cm³/mol. The van der Waals surface area contributed by atoms with Crippen LogP contribution in [-0.2, 0) is 16.1 Å². The minimum atomic E-state index is -0.135. The Hall–Kier alpha value is -3.02. The maximum atomic E-state index is 12.5. The van der Waals surface area contributed by atoms with Crippen LogP contribution >= 0.6 is 0 Å². The Morgan fingerprint density at radius 3 is 2.73 bits per heavy atom. The Bertz CT molecular complexity index is 806. The minimum Gasteiger partial charge on any atom is -0.496 e. The van der Waals surface area contributed by atoms with Crippen molar-refractivity contribution in [1.82, 2.24) is 4.90 Å². The van der Waals surface area contributed by atoms with E-state index in [4.69, 9.17) is 9.47 Å². The third-order valence-corrected chi connectivity index (χ3v) is 4.38. The molecular formula is C20H22N2O4. The summed E-state index contributed by atoms with van der Waals surface area (Å²) in [6.07, 6.45) is 0.242. The first-order valence-corrected chi connectivity index (χ1v) is 8.48. The lowest BCUT2D eigenvalue weighted by atomic mass is 10.2. The molecule has 26 heavy (non-hydrogen) atoms. The molecule has 6 nitrogen and oxygen atoms in total. The molecule has 0 fully saturated rings. The van der Waals surface area contributed by atoms with E-state index >= 15 is 0 Å². The highest BCUT2D eigenvalue weighted by Crippen LogP contribution is 2.31. The molecule has 2 amide bonds. The number of carbonyl (C=O) groups excluding carboxylic acids is 2. The summed E-state index contributed by atoms with van der Waals surface area (Å²) >= 11 is 0. The summed E-state index contributed by atoms with van der Waals surface area (Å²) in [5, 5.41) is 0. The van der Waals surface area contributed by atoms with E-state index in [2.05, 4.69) is 0 Å². The molecule has 6 heteroatoms. The van der Waals surface area contributed by atoms with Crippen molar-refractivity contribution in [2.24, 2.45) is 0 Å². The van der Waals surface area contributed by atoms with Gasteiger partial charge in [-0.3, -0.25) is 9.59 Å². The first-order valence-electron chi connectivity index (χ1n) is 8.48. The van der Waals surface area contributed by atoms with Crippen LogP contribution in [0.1, 0.15) is 12.0 Å². The molecule has 0 saturated heterocycles. The number of anilines is 1. The van der Waals surface area contributed by atoms with Crippen molar-refractivity contribution in [1.29, 1.82) is 0 Å². The van der Waals surface area contributed by atoms with Crippen LogP contribution in [0, 0.1) is 0 Å². The molecule has 0 aromatic heterocycles. The van der Waals surface area contributed by atoms with Crippen LogP contribution in [0.15, 0.2) is 48.5 Å². The van der Waals surface area contributed by atoms with Gasteiger partial charge in [0, 0.05) is 32.1 Å². The lowest BCUT2D eigenvalue weighted by molar-refractivity contribution is -0.130. The first kappa shape index (κ1) is 17.8. The molecular weight excluding hydrogens is 332 g/mol. The van der Waals surface area contributed by atoms with Gasteiger partial charge in [-0.05, 0) is 18.2 Å². The zero-order valence-corrected chi connectivity index (χ0v) is 15.0. The summed E-state index contributed by atoms with van der Waals surface area (Å²) in [4.78, 5) is 28.0. The number of nitrogens with zero attached hydrogens (tertiary/aromatic N) is 2. The van der Waals surface area contributed by atoms with Gasteiger partial charge < -0.3 is 19.3 Å². The van der Waals surface area contributed by atoms with E-state index in [1.807, 2.05) is 48.5 Å². The molecule has 136 valence electrons. The average Bonchev–Trinajstić information content (AvgIpc) is 2.67. The summed E-state index contributed by atoms with van der Waals surface area (Å²) in [5.74, 6) is 1.25. The number of carbonyl (C=O) groups is 2. The number of amides is 2. The van der Waals surface area contributed by atoms with Crippen molar-refractivity contribution in [3.8, 4) is 11.5 Å². The Morgan fingerprint density at radius 2 is 1.92 bits per heavy atom. The normalized spacial score (nSPS) is 13.0. The van der Waals surface area contributed by atoms with Crippen molar-refractivity contribution < 1.29 is 19.1 Å². The number of ether oxygens (including phenoxy) is 2. The second-order valence-corrected chi connectivity index (χ2v) is 6.11. The number of para-hydroxylation sites is 3. The zero-order valence-electron chi connectivity index (χ0n) is 15.0. The molecule has 2 aromatic carbocycles. The van der Waals surface area contributed by atoms with Gasteiger partial charge in [0.2, 0.25) is 5.91 Å². The fraction of sp³-hybridized carbons (Fsp3) is 0.300. The van der Waals surface area contributed by atoms with E-state index < -0.39 is 0 Å². The van der Waals surface area contributed by atoms with Crippen molar-refractivity contribution >= 4 is 17.5 Å². The van der Waals surface area contributed by atoms with E-state index in [-0.39, 0.29) is 24.8 Å². The molecule has 1 heterocycles. The number of fused-ring (bicyclic) bond motifs is 1. The number of methoxy groups -OCH3 is 1. The maximum Gasteiger partial charge on any atom is 0.265 e. The maximum absolute atomic E-state index is 12.5. The van der Waals surface area contributed by atoms with Gasteiger partial charge in [-0.25, -0.2) is 0 Å². The van der Waals surface area contributed by atoms with Gasteiger partial charge in [-0.2, -0.15) is 0 Å². The van der Waals surface area contributed by atoms with Crippen molar-refractivity contribution in [2.45, 2.75) is 13.0 Å². The highest BCUT2D eigenvalue weighted by atomic mass is 16.5. The SMILES string of the molecule is COc1ccccc1CN(C)C(=O)CCN1C(=O)COc2ccccc21. The van der Waals surface area contributed by atoms with Gasteiger partial charge in [-0.1, -0.05) is 30.3 Å². The van der Waals surface area contributed by atoms with Crippen LogP contribution in [-0.4, -0.2) is 44.0 Å². The fourth-order valence-electron chi connectivity index (χ4n) is 2.97. The Kier molecular flexibility index (Phi) is 5.41. The summed E-state index contributed by atoms with van der Waals surface area (Å²) in [6, 6.07) is 15.0. The lowest BCUT2D eigenvalue weighted by Crippen LogP contribution is -2.41. The standard InChI is InChI=1S/C20H22N2O4/c1-21(13-15-7-3-5-9-17(15)25-2)19(23)11-12-22-16-8-4-6-10-18(16)26-14-20(22)24/h3-10H,11-14H2,1-2H3. The van der Waals surface area contributed by atoms with E-state index in [0.717, 1.165) is 11.3 Å². The quantitative estimate of drug-likeness (QED) is 0.800. The molecule has 0 spiro atoms. The Labute approximate surface area is 152 Å². The smallest absolute Gasteiger partial charge is 0.265 e. The van der Waals surface area contributed by atoms with Crippen LogP contribution in [0.4, 0.5) is 5.69 Å². The molecule has 0 bridgehead atoms. The molecule has 0 unspecified atom stereocenters. The van der Waals surface area contributed by atoms with Crippen LogP contribution in [0.2, 0.25) is 0 Å². The second kappa shape index (κ2) is 7.91. The van der Waals surface area contributed by atoms with Gasteiger partial charge in [-0.15, -0.1) is 0 Å². The highest BCUT2D eigenvalue weighted by molar-refractivity contribution is 5.98. The van der Waals surface area contributed by atoms with Crippen LogP contribution in [0.5, 0.6) is 11.5 Å². The van der Waals surface area contributed by atoms with Gasteiger partial charge in [0.15, 0.2) is 6.61 Å². The molecule has 0 radical (unpaired) electrons. The van der Waals surface area contributed by atoms with Gasteiger partial charge >= 0.3 is 0 Å². The van der Waals surface area contributed by atoms with Crippen molar-refractivity contribution in [3.05, 3.63) is 54.1 Å².